The molecule has 1 amide bonds. The number of rotatable bonds is 5. The quantitative estimate of drug-likeness (QED) is 0.820. The van der Waals surface area contributed by atoms with Gasteiger partial charge in [-0.3, -0.25) is 9.69 Å². The van der Waals surface area contributed by atoms with E-state index in [0.717, 1.165) is 56.0 Å². The van der Waals surface area contributed by atoms with Gasteiger partial charge in [0.2, 0.25) is 5.91 Å². The molecule has 1 aliphatic rings. The van der Waals surface area contributed by atoms with Gasteiger partial charge in [-0.25, -0.2) is 0 Å². The topological polar surface area (TPSA) is 56.6 Å². The minimum atomic E-state index is 0.175. The molecule has 3 rings (SSSR count). The van der Waals surface area contributed by atoms with Crippen LogP contribution in [0.5, 0.6) is 5.75 Å². The monoisotopic (exact) mass is 363 g/mol. The molecule has 1 aliphatic heterocycles. The molecule has 2 aromatic carbocycles. The predicted octanol–water partition coefficient (Wildman–Crippen LogP) is 2.84. The van der Waals surface area contributed by atoms with E-state index in [1.54, 1.807) is 7.11 Å². The standard InChI is InChI=1S/C22H25N3O2/c1-27-21-8-6-18(7-9-21)15-22(26)25-11-3-10-24(12-13-25)17-20-5-2-4-19(14-20)16-23/h2,4-9,14H,3,10-13,15,17H2,1H3. The maximum atomic E-state index is 12.7. The molecule has 0 spiro atoms. The van der Waals surface area contributed by atoms with E-state index in [2.05, 4.69) is 17.0 Å². The predicted molar refractivity (Wildman–Crippen MR) is 104 cm³/mol. The molecule has 27 heavy (non-hydrogen) atoms. The zero-order valence-electron chi connectivity index (χ0n) is 15.7. The van der Waals surface area contributed by atoms with Gasteiger partial charge in [0, 0.05) is 32.7 Å². The minimum Gasteiger partial charge on any atom is -0.497 e. The van der Waals surface area contributed by atoms with Crippen molar-refractivity contribution in [3.8, 4) is 11.8 Å². The second-order valence-corrected chi connectivity index (χ2v) is 6.85. The van der Waals surface area contributed by atoms with Crippen LogP contribution in [0, 0.1) is 11.3 Å². The maximum absolute atomic E-state index is 12.7. The van der Waals surface area contributed by atoms with E-state index in [1.807, 2.05) is 47.4 Å². The van der Waals surface area contributed by atoms with Gasteiger partial charge in [-0.05, 0) is 41.8 Å². The van der Waals surface area contributed by atoms with Crippen molar-refractivity contribution in [2.45, 2.75) is 19.4 Å². The zero-order chi connectivity index (χ0) is 19.1. The Balaban J connectivity index is 1.54. The first-order chi connectivity index (χ1) is 13.2. The van der Waals surface area contributed by atoms with Crippen LogP contribution in [0.1, 0.15) is 23.1 Å². The van der Waals surface area contributed by atoms with Gasteiger partial charge in [-0.2, -0.15) is 5.26 Å². The van der Waals surface area contributed by atoms with Crippen LogP contribution in [0.4, 0.5) is 0 Å². The molecule has 5 nitrogen and oxygen atoms in total. The van der Waals surface area contributed by atoms with Crippen LogP contribution in [0.15, 0.2) is 48.5 Å². The van der Waals surface area contributed by atoms with Crippen LogP contribution >= 0.6 is 0 Å². The summed E-state index contributed by atoms with van der Waals surface area (Å²) < 4.78 is 5.16. The molecule has 0 atom stereocenters. The number of carbonyl (C=O) groups is 1. The van der Waals surface area contributed by atoms with Crippen LogP contribution in [-0.4, -0.2) is 49.0 Å². The molecule has 1 heterocycles. The fourth-order valence-corrected chi connectivity index (χ4v) is 3.41. The highest BCUT2D eigenvalue weighted by Gasteiger charge is 2.19. The van der Waals surface area contributed by atoms with Crippen molar-refractivity contribution >= 4 is 5.91 Å². The van der Waals surface area contributed by atoms with E-state index < -0.39 is 0 Å². The molecule has 0 aromatic heterocycles. The molecule has 0 aliphatic carbocycles. The lowest BCUT2D eigenvalue weighted by Crippen LogP contribution is -2.36. The van der Waals surface area contributed by atoms with Crippen molar-refractivity contribution in [1.29, 1.82) is 5.26 Å². The molecule has 0 radical (unpaired) electrons. The lowest BCUT2D eigenvalue weighted by Gasteiger charge is -2.22. The molecule has 0 bridgehead atoms. The lowest BCUT2D eigenvalue weighted by atomic mass is 10.1. The molecule has 5 heteroatoms. The van der Waals surface area contributed by atoms with Gasteiger partial charge in [0.25, 0.3) is 0 Å². The fraction of sp³-hybridized carbons (Fsp3) is 0.364. The molecular formula is C22H25N3O2. The van der Waals surface area contributed by atoms with E-state index in [4.69, 9.17) is 10.00 Å². The second-order valence-electron chi connectivity index (χ2n) is 6.85. The molecule has 0 unspecified atom stereocenters. The van der Waals surface area contributed by atoms with Crippen molar-refractivity contribution < 1.29 is 9.53 Å². The summed E-state index contributed by atoms with van der Waals surface area (Å²) in [5, 5.41) is 9.04. The molecule has 2 aromatic rings. The summed E-state index contributed by atoms with van der Waals surface area (Å²) in [6.07, 6.45) is 1.39. The molecule has 140 valence electrons. The second kappa shape index (κ2) is 9.20. The first-order valence-electron chi connectivity index (χ1n) is 9.30. The van der Waals surface area contributed by atoms with Crippen LogP contribution < -0.4 is 4.74 Å². The highest BCUT2D eigenvalue weighted by Crippen LogP contribution is 2.14. The molecular weight excluding hydrogens is 338 g/mol. The Bertz CT molecular complexity index is 811. The van der Waals surface area contributed by atoms with Crippen molar-refractivity contribution in [2.24, 2.45) is 0 Å². The first-order valence-corrected chi connectivity index (χ1v) is 9.30. The van der Waals surface area contributed by atoms with Crippen molar-refractivity contribution in [3.05, 3.63) is 65.2 Å². The van der Waals surface area contributed by atoms with Gasteiger partial charge < -0.3 is 9.64 Å². The number of hydrogen-bond donors (Lipinski definition) is 0. The summed E-state index contributed by atoms with van der Waals surface area (Å²) in [6, 6.07) is 17.6. The highest BCUT2D eigenvalue weighted by atomic mass is 16.5. The molecule has 1 saturated heterocycles. The van der Waals surface area contributed by atoms with Crippen molar-refractivity contribution in [2.75, 3.05) is 33.3 Å². The number of benzene rings is 2. The molecule has 0 N–H and O–H groups in total. The van der Waals surface area contributed by atoms with Crippen LogP contribution in [0.2, 0.25) is 0 Å². The lowest BCUT2D eigenvalue weighted by molar-refractivity contribution is -0.130. The van der Waals surface area contributed by atoms with E-state index >= 15 is 0 Å². The molecule has 1 fully saturated rings. The Kier molecular flexibility index (Phi) is 6.45. The van der Waals surface area contributed by atoms with E-state index in [1.165, 1.54) is 0 Å². The Morgan fingerprint density at radius 2 is 1.89 bits per heavy atom. The first kappa shape index (κ1) is 18.9. The Morgan fingerprint density at radius 1 is 1.07 bits per heavy atom. The van der Waals surface area contributed by atoms with Gasteiger partial charge in [-0.1, -0.05) is 24.3 Å². The number of amides is 1. The number of carbonyl (C=O) groups excluding carboxylic acids is 1. The van der Waals surface area contributed by atoms with E-state index in [9.17, 15) is 4.79 Å². The van der Waals surface area contributed by atoms with Crippen LogP contribution in [0.25, 0.3) is 0 Å². The zero-order valence-corrected chi connectivity index (χ0v) is 15.7. The average Bonchev–Trinajstić information content (AvgIpc) is 2.94. The third kappa shape index (κ3) is 5.32. The smallest absolute Gasteiger partial charge is 0.227 e. The summed E-state index contributed by atoms with van der Waals surface area (Å²) in [5.74, 6) is 0.977. The third-order valence-corrected chi connectivity index (χ3v) is 4.92. The number of ether oxygens (including phenoxy) is 1. The van der Waals surface area contributed by atoms with Gasteiger partial charge in [0.15, 0.2) is 0 Å². The van der Waals surface area contributed by atoms with E-state index in [0.29, 0.717) is 12.0 Å². The van der Waals surface area contributed by atoms with Crippen molar-refractivity contribution in [3.63, 3.8) is 0 Å². The number of hydrogen-bond acceptors (Lipinski definition) is 4. The minimum absolute atomic E-state index is 0.175. The summed E-state index contributed by atoms with van der Waals surface area (Å²) in [7, 11) is 1.64. The largest absolute Gasteiger partial charge is 0.497 e. The highest BCUT2D eigenvalue weighted by molar-refractivity contribution is 5.78. The number of methoxy groups -OCH3 is 1. The third-order valence-electron chi connectivity index (χ3n) is 4.92. The number of nitriles is 1. The molecule has 0 saturated carbocycles. The Labute approximate surface area is 160 Å². The summed E-state index contributed by atoms with van der Waals surface area (Å²) >= 11 is 0. The summed E-state index contributed by atoms with van der Waals surface area (Å²) in [4.78, 5) is 17.0. The van der Waals surface area contributed by atoms with Crippen molar-refractivity contribution in [1.82, 2.24) is 9.80 Å². The Morgan fingerprint density at radius 3 is 2.63 bits per heavy atom. The van der Waals surface area contributed by atoms with Gasteiger partial charge in [0.05, 0.1) is 25.2 Å². The summed E-state index contributed by atoms with van der Waals surface area (Å²) in [5.41, 5.74) is 2.85. The van der Waals surface area contributed by atoms with Gasteiger partial charge in [-0.15, -0.1) is 0 Å². The van der Waals surface area contributed by atoms with Gasteiger partial charge >= 0.3 is 0 Å². The van der Waals surface area contributed by atoms with Crippen LogP contribution in [-0.2, 0) is 17.8 Å². The SMILES string of the molecule is COc1ccc(CC(=O)N2CCCN(Cc3cccc(C#N)c3)CC2)cc1. The Hall–Kier alpha value is -2.84. The maximum Gasteiger partial charge on any atom is 0.227 e. The fourth-order valence-electron chi connectivity index (χ4n) is 3.41. The average molecular weight is 363 g/mol. The van der Waals surface area contributed by atoms with Gasteiger partial charge in [0.1, 0.15) is 5.75 Å². The number of nitrogens with zero attached hydrogens (tertiary/aromatic N) is 3. The normalized spacial score (nSPS) is 15.0. The van der Waals surface area contributed by atoms with Crippen LogP contribution in [0.3, 0.4) is 0 Å². The van der Waals surface area contributed by atoms with E-state index in [-0.39, 0.29) is 5.91 Å². The summed E-state index contributed by atoms with van der Waals surface area (Å²) in [6.45, 7) is 4.17.